The van der Waals surface area contributed by atoms with Gasteiger partial charge in [-0.05, 0) is 64.9 Å². The molecule has 4 aliphatic rings. The summed E-state index contributed by atoms with van der Waals surface area (Å²) in [6, 6.07) is 22.7. The molecule has 0 radical (unpaired) electrons. The van der Waals surface area contributed by atoms with Crippen LogP contribution in [-0.4, -0.2) is 59.2 Å². The van der Waals surface area contributed by atoms with Crippen LogP contribution in [0.25, 0.3) is 16.8 Å². The van der Waals surface area contributed by atoms with E-state index in [9.17, 15) is 0 Å². The van der Waals surface area contributed by atoms with Crippen LogP contribution in [0.4, 0.5) is 0 Å². The van der Waals surface area contributed by atoms with Gasteiger partial charge < -0.3 is 4.90 Å². The SMILES string of the molecule is CN1C/C(=C\c2ccc(Cl)cc2Cl)C(=O)[C@]2(C1)[C@@H](c1ccc(Cl)cc1Cl)[C@@H]1CSCN1[C@@]21C(=O)c2cccc3cccc1c23. The van der Waals surface area contributed by atoms with Crippen molar-refractivity contribution in [2.45, 2.75) is 17.5 Å². The number of carbonyl (C=O) groups excluding carboxylic acids is 2. The van der Waals surface area contributed by atoms with Gasteiger partial charge in [-0.1, -0.05) is 94.9 Å². The summed E-state index contributed by atoms with van der Waals surface area (Å²) in [5, 5.41) is 3.95. The topological polar surface area (TPSA) is 40.6 Å². The van der Waals surface area contributed by atoms with Crippen molar-refractivity contribution in [1.29, 1.82) is 0 Å². The fraction of sp³-hybridized carbons (Fsp3) is 0.257. The molecule has 0 amide bonds. The van der Waals surface area contributed by atoms with Gasteiger partial charge in [0.2, 0.25) is 0 Å². The summed E-state index contributed by atoms with van der Waals surface area (Å²) in [5.74, 6) is 0.956. The van der Waals surface area contributed by atoms with Crippen molar-refractivity contribution < 1.29 is 9.59 Å². The number of piperidine rings is 1. The lowest BCUT2D eigenvalue weighted by Gasteiger charge is -2.52. The first kappa shape index (κ1) is 29.1. The van der Waals surface area contributed by atoms with E-state index in [0.29, 0.717) is 55.8 Å². The Hall–Kier alpha value is -2.35. The first-order valence-electron chi connectivity index (χ1n) is 14.4. The van der Waals surface area contributed by atoms with Crippen molar-refractivity contribution in [3.8, 4) is 0 Å². The third kappa shape index (κ3) is 3.75. The number of carbonyl (C=O) groups is 2. The minimum Gasteiger partial charge on any atom is -0.301 e. The van der Waals surface area contributed by atoms with Gasteiger partial charge in [-0.2, -0.15) is 0 Å². The van der Waals surface area contributed by atoms with Crippen molar-refractivity contribution in [2.75, 3.05) is 31.8 Å². The number of nitrogens with zero attached hydrogens (tertiary/aromatic N) is 2. The van der Waals surface area contributed by atoms with Crippen LogP contribution >= 0.6 is 58.2 Å². The van der Waals surface area contributed by atoms with Crippen molar-refractivity contribution in [3.63, 3.8) is 0 Å². The molecular formula is C35H26Cl4N2O2S. The van der Waals surface area contributed by atoms with Crippen LogP contribution in [0.3, 0.4) is 0 Å². The van der Waals surface area contributed by atoms with Crippen LogP contribution in [0.15, 0.2) is 78.4 Å². The van der Waals surface area contributed by atoms with Crippen molar-refractivity contribution >= 4 is 86.6 Å². The molecule has 3 heterocycles. The molecule has 4 nitrogen and oxygen atoms in total. The zero-order chi connectivity index (χ0) is 30.5. The number of hydrogen-bond donors (Lipinski definition) is 0. The highest BCUT2D eigenvalue weighted by molar-refractivity contribution is 7.99. The lowest BCUT2D eigenvalue weighted by molar-refractivity contribution is -0.134. The molecule has 4 aromatic carbocycles. The van der Waals surface area contributed by atoms with E-state index in [1.807, 2.05) is 61.7 Å². The molecule has 3 aliphatic heterocycles. The fourth-order valence-corrected chi connectivity index (χ4v) is 10.9. The summed E-state index contributed by atoms with van der Waals surface area (Å²) < 4.78 is 0. The van der Waals surface area contributed by atoms with Crippen LogP contribution in [0.1, 0.15) is 33.0 Å². The normalized spacial score (nSPS) is 29.2. The lowest BCUT2D eigenvalue weighted by atomic mass is 9.55. The molecule has 222 valence electrons. The quantitative estimate of drug-likeness (QED) is 0.199. The molecule has 0 unspecified atom stereocenters. The van der Waals surface area contributed by atoms with Gasteiger partial charge in [0.15, 0.2) is 11.6 Å². The zero-order valence-corrected chi connectivity index (χ0v) is 27.5. The lowest BCUT2D eigenvalue weighted by Crippen LogP contribution is -2.65. The third-order valence-electron chi connectivity index (χ3n) is 10.0. The minimum atomic E-state index is -1.23. The van der Waals surface area contributed by atoms with Crippen molar-refractivity contribution in [1.82, 2.24) is 9.80 Å². The van der Waals surface area contributed by atoms with Crippen LogP contribution in [0.5, 0.6) is 0 Å². The number of halogens is 4. The molecular weight excluding hydrogens is 654 g/mol. The van der Waals surface area contributed by atoms with Crippen molar-refractivity contribution in [3.05, 3.63) is 121 Å². The molecule has 44 heavy (non-hydrogen) atoms. The molecule has 3 fully saturated rings. The Morgan fingerprint density at radius 2 is 1.61 bits per heavy atom. The number of likely N-dealkylation sites (N-methyl/N-ethyl adjacent to an activating group) is 1. The second-order valence-electron chi connectivity index (χ2n) is 12.2. The van der Waals surface area contributed by atoms with Gasteiger partial charge in [0.25, 0.3) is 0 Å². The Bertz CT molecular complexity index is 1960. The molecule has 1 aliphatic carbocycles. The second kappa shape index (κ2) is 10.3. The Morgan fingerprint density at radius 3 is 2.36 bits per heavy atom. The van der Waals surface area contributed by atoms with E-state index in [4.69, 9.17) is 46.4 Å². The molecule has 9 heteroatoms. The number of ketones is 2. The molecule has 4 atom stereocenters. The van der Waals surface area contributed by atoms with Gasteiger partial charge in [0.1, 0.15) is 5.54 Å². The molecule has 0 N–H and O–H groups in total. The predicted octanol–water partition coefficient (Wildman–Crippen LogP) is 8.60. The van der Waals surface area contributed by atoms with E-state index >= 15 is 9.59 Å². The summed E-state index contributed by atoms with van der Waals surface area (Å²) in [5.41, 5.74) is 1.30. The molecule has 2 spiro atoms. The van der Waals surface area contributed by atoms with Gasteiger partial charge >= 0.3 is 0 Å². The number of benzene rings is 4. The maximum Gasteiger partial charge on any atom is 0.189 e. The third-order valence-corrected chi connectivity index (χ3v) is 12.2. The molecule has 0 bridgehead atoms. The van der Waals surface area contributed by atoms with Crippen LogP contribution in [0, 0.1) is 5.41 Å². The first-order valence-corrected chi connectivity index (χ1v) is 17.1. The molecule has 4 aromatic rings. The van der Waals surface area contributed by atoms with E-state index in [2.05, 4.69) is 15.9 Å². The second-order valence-corrected chi connectivity index (χ2v) is 14.9. The highest BCUT2D eigenvalue weighted by Gasteiger charge is 2.78. The van der Waals surface area contributed by atoms with Gasteiger partial charge in [-0.15, -0.1) is 11.8 Å². The summed E-state index contributed by atoms with van der Waals surface area (Å²) >= 11 is 28.1. The van der Waals surface area contributed by atoms with Gasteiger partial charge in [0.05, 0.1) is 5.41 Å². The maximum absolute atomic E-state index is 15.6. The average molecular weight is 680 g/mol. The highest BCUT2D eigenvalue weighted by Crippen LogP contribution is 2.70. The van der Waals surface area contributed by atoms with E-state index < -0.39 is 11.0 Å². The number of likely N-dealkylation sites (tertiary alicyclic amines) is 1. The molecule has 0 aromatic heterocycles. The summed E-state index contributed by atoms with van der Waals surface area (Å²) in [6.45, 7) is 0.802. The van der Waals surface area contributed by atoms with Gasteiger partial charge in [-0.3, -0.25) is 14.5 Å². The fourth-order valence-electron chi connectivity index (χ4n) is 8.63. The Kier molecular flexibility index (Phi) is 6.83. The molecule has 3 saturated heterocycles. The number of hydrogen-bond acceptors (Lipinski definition) is 5. The largest absolute Gasteiger partial charge is 0.301 e. The van der Waals surface area contributed by atoms with Gasteiger partial charge in [0, 0.05) is 67.9 Å². The summed E-state index contributed by atoms with van der Waals surface area (Å²) in [6.07, 6.45) is 1.87. The first-order chi connectivity index (χ1) is 21.2. The smallest absolute Gasteiger partial charge is 0.189 e. The van der Waals surface area contributed by atoms with Crippen LogP contribution in [-0.2, 0) is 10.3 Å². The number of rotatable bonds is 2. The number of fused-ring (bicyclic) bond motifs is 4. The van der Waals surface area contributed by atoms with E-state index in [0.717, 1.165) is 27.7 Å². The minimum absolute atomic E-state index is 0.0167. The standard InChI is InChI=1S/C35H26Cl4N2O2S/c1-40-15-21(12-20-8-9-22(36)13-27(20)38)32(42)34(17-40)31(24-11-10-23(37)14-28(24)39)29-16-44-18-41(29)35(34)26-7-3-5-19-4-2-6-25(30(19)26)33(35)43/h2-14,29,31H,15-18H2,1H3/b21-12+/t29-,31-,34-,35-/m0/s1. The predicted molar refractivity (Wildman–Crippen MR) is 181 cm³/mol. The summed E-state index contributed by atoms with van der Waals surface area (Å²) in [7, 11) is 2.02. The zero-order valence-electron chi connectivity index (χ0n) is 23.6. The molecule has 0 saturated carbocycles. The Balaban J connectivity index is 1.47. The van der Waals surface area contributed by atoms with E-state index in [-0.39, 0.29) is 23.5 Å². The van der Waals surface area contributed by atoms with Crippen molar-refractivity contribution in [2.24, 2.45) is 5.41 Å². The van der Waals surface area contributed by atoms with Crippen LogP contribution in [0.2, 0.25) is 20.1 Å². The maximum atomic E-state index is 15.6. The van der Waals surface area contributed by atoms with E-state index in [1.165, 1.54) is 0 Å². The number of Topliss-reactive ketones (excluding diaryl/α,β-unsaturated/α-hetero) is 2. The van der Waals surface area contributed by atoms with Gasteiger partial charge in [-0.25, -0.2) is 0 Å². The number of thioether (sulfide) groups is 1. The Morgan fingerprint density at radius 1 is 0.886 bits per heavy atom. The van der Waals surface area contributed by atoms with Crippen LogP contribution < -0.4 is 0 Å². The average Bonchev–Trinajstić information content (AvgIpc) is 3.62. The molecule has 8 rings (SSSR count). The summed E-state index contributed by atoms with van der Waals surface area (Å²) in [4.78, 5) is 35.4. The Labute approximate surface area is 279 Å². The monoisotopic (exact) mass is 678 g/mol. The van der Waals surface area contributed by atoms with E-state index in [1.54, 1.807) is 30.0 Å². The highest BCUT2D eigenvalue weighted by atomic mass is 35.5.